The van der Waals surface area contributed by atoms with Crippen molar-refractivity contribution in [3.05, 3.63) is 59.3 Å². The first-order chi connectivity index (χ1) is 14.1. The SMILES string of the molecule is COc1cc2c(cc1OC)CN(C(=O)COc1cccc3ccc(C)nc13)CC2. The van der Waals surface area contributed by atoms with Crippen LogP contribution < -0.4 is 14.2 Å². The fraction of sp³-hybridized carbons (Fsp3) is 0.304. The quantitative estimate of drug-likeness (QED) is 0.665. The van der Waals surface area contributed by atoms with Crippen LogP contribution in [0, 0.1) is 6.92 Å². The van der Waals surface area contributed by atoms with E-state index in [1.54, 1.807) is 14.2 Å². The second kappa shape index (κ2) is 7.99. The first kappa shape index (κ1) is 19.1. The fourth-order valence-corrected chi connectivity index (χ4v) is 3.66. The van der Waals surface area contributed by atoms with Gasteiger partial charge in [0, 0.05) is 24.2 Å². The van der Waals surface area contributed by atoms with E-state index in [-0.39, 0.29) is 12.5 Å². The molecule has 1 amide bonds. The Labute approximate surface area is 170 Å². The van der Waals surface area contributed by atoms with Crippen LogP contribution in [-0.4, -0.2) is 43.2 Å². The summed E-state index contributed by atoms with van der Waals surface area (Å²) in [5.41, 5.74) is 3.95. The highest BCUT2D eigenvalue weighted by Crippen LogP contribution is 2.33. The third-order valence-corrected chi connectivity index (χ3v) is 5.24. The van der Waals surface area contributed by atoms with Gasteiger partial charge in [0.2, 0.25) is 0 Å². The van der Waals surface area contributed by atoms with Gasteiger partial charge >= 0.3 is 0 Å². The van der Waals surface area contributed by atoms with Crippen molar-refractivity contribution in [3.63, 3.8) is 0 Å². The molecule has 2 aromatic carbocycles. The number of benzene rings is 2. The number of carbonyl (C=O) groups excluding carboxylic acids is 1. The maximum absolute atomic E-state index is 12.8. The Balaban J connectivity index is 1.47. The van der Waals surface area contributed by atoms with Gasteiger partial charge in [-0.15, -0.1) is 0 Å². The van der Waals surface area contributed by atoms with Crippen molar-refractivity contribution in [3.8, 4) is 17.2 Å². The first-order valence-electron chi connectivity index (χ1n) is 9.60. The topological polar surface area (TPSA) is 60.9 Å². The summed E-state index contributed by atoms with van der Waals surface area (Å²) < 4.78 is 16.6. The number of hydrogen-bond acceptors (Lipinski definition) is 5. The zero-order valence-electron chi connectivity index (χ0n) is 16.9. The number of aryl methyl sites for hydroxylation is 1. The normalized spacial score (nSPS) is 13.1. The summed E-state index contributed by atoms with van der Waals surface area (Å²) in [4.78, 5) is 19.2. The molecule has 6 nitrogen and oxygen atoms in total. The zero-order valence-corrected chi connectivity index (χ0v) is 16.9. The molecule has 0 aliphatic carbocycles. The summed E-state index contributed by atoms with van der Waals surface area (Å²) in [6.07, 6.45) is 0.774. The zero-order chi connectivity index (χ0) is 20.4. The molecule has 0 bridgehead atoms. The third kappa shape index (κ3) is 3.83. The van der Waals surface area contributed by atoms with E-state index < -0.39 is 0 Å². The molecule has 0 radical (unpaired) electrons. The number of para-hydroxylation sites is 1. The van der Waals surface area contributed by atoms with Gasteiger partial charge in [-0.1, -0.05) is 18.2 Å². The number of nitrogens with zero attached hydrogens (tertiary/aromatic N) is 2. The van der Waals surface area contributed by atoms with Crippen LogP contribution >= 0.6 is 0 Å². The third-order valence-electron chi connectivity index (χ3n) is 5.24. The lowest BCUT2D eigenvalue weighted by atomic mass is 9.99. The Morgan fingerprint density at radius 1 is 1.03 bits per heavy atom. The van der Waals surface area contributed by atoms with Crippen LogP contribution in [0.5, 0.6) is 17.2 Å². The lowest BCUT2D eigenvalue weighted by molar-refractivity contribution is -0.134. The van der Waals surface area contributed by atoms with Gasteiger partial charge in [-0.05, 0) is 48.7 Å². The number of aromatic nitrogens is 1. The van der Waals surface area contributed by atoms with Crippen molar-refractivity contribution >= 4 is 16.8 Å². The molecule has 2 heterocycles. The molecule has 0 atom stereocenters. The highest BCUT2D eigenvalue weighted by molar-refractivity contribution is 5.85. The van der Waals surface area contributed by atoms with Gasteiger partial charge < -0.3 is 19.1 Å². The van der Waals surface area contributed by atoms with Crippen LogP contribution in [0.4, 0.5) is 0 Å². The number of rotatable bonds is 5. The number of carbonyl (C=O) groups is 1. The van der Waals surface area contributed by atoms with Crippen molar-refractivity contribution in [2.45, 2.75) is 19.9 Å². The van der Waals surface area contributed by atoms with Crippen molar-refractivity contribution < 1.29 is 19.0 Å². The molecule has 1 aromatic heterocycles. The number of hydrogen-bond donors (Lipinski definition) is 0. The molecule has 4 rings (SSSR count). The summed E-state index contributed by atoms with van der Waals surface area (Å²) in [5.74, 6) is 1.97. The lowest BCUT2D eigenvalue weighted by Gasteiger charge is -2.29. The standard InChI is InChI=1S/C23H24N2O4/c1-15-7-8-16-5-4-6-19(23(16)24-15)29-14-22(26)25-10-9-17-11-20(27-2)21(28-3)12-18(17)13-25/h4-8,11-12H,9-10,13-14H2,1-3H3. The Kier molecular flexibility index (Phi) is 5.25. The highest BCUT2D eigenvalue weighted by Gasteiger charge is 2.23. The van der Waals surface area contributed by atoms with Gasteiger partial charge in [0.25, 0.3) is 5.91 Å². The van der Waals surface area contributed by atoms with E-state index >= 15 is 0 Å². The van der Waals surface area contributed by atoms with E-state index in [2.05, 4.69) is 4.98 Å². The van der Waals surface area contributed by atoms with Crippen molar-refractivity contribution in [2.24, 2.45) is 0 Å². The summed E-state index contributed by atoms with van der Waals surface area (Å²) in [5, 5.41) is 0.994. The van der Waals surface area contributed by atoms with E-state index in [0.29, 0.717) is 30.3 Å². The molecule has 1 aliphatic rings. The van der Waals surface area contributed by atoms with Gasteiger partial charge in [-0.3, -0.25) is 4.79 Å². The molecule has 3 aromatic rings. The average molecular weight is 392 g/mol. The largest absolute Gasteiger partial charge is 0.493 e. The van der Waals surface area contributed by atoms with Gasteiger partial charge in [0.15, 0.2) is 18.1 Å². The Morgan fingerprint density at radius 3 is 2.55 bits per heavy atom. The molecule has 6 heteroatoms. The van der Waals surface area contributed by atoms with Crippen LogP contribution in [0.3, 0.4) is 0 Å². The average Bonchev–Trinajstić information content (AvgIpc) is 2.75. The van der Waals surface area contributed by atoms with E-state index in [1.807, 2.05) is 54.3 Å². The van der Waals surface area contributed by atoms with Crippen LogP contribution in [0.2, 0.25) is 0 Å². The Hall–Kier alpha value is -3.28. The van der Waals surface area contributed by atoms with Crippen molar-refractivity contribution in [2.75, 3.05) is 27.4 Å². The molecule has 0 fully saturated rings. The molecular weight excluding hydrogens is 368 g/mol. The second-order valence-electron chi connectivity index (χ2n) is 7.11. The van der Waals surface area contributed by atoms with Gasteiger partial charge in [0.1, 0.15) is 11.3 Å². The summed E-state index contributed by atoms with van der Waals surface area (Å²) in [7, 11) is 3.24. The molecule has 150 valence electrons. The minimum atomic E-state index is -0.0462. The molecule has 0 unspecified atom stereocenters. The molecule has 0 saturated heterocycles. The number of fused-ring (bicyclic) bond motifs is 2. The van der Waals surface area contributed by atoms with Crippen LogP contribution in [-0.2, 0) is 17.8 Å². The van der Waals surface area contributed by atoms with E-state index in [1.165, 1.54) is 5.56 Å². The van der Waals surface area contributed by atoms with Gasteiger partial charge in [0.05, 0.1) is 14.2 Å². The summed E-state index contributed by atoms with van der Waals surface area (Å²) in [6, 6.07) is 13.7. The maximum Gasteiger partial charge on any atom is 0.260 e. The van der Waals surface area contributed by atoms with E-state index in [9.17, 15) is 4.79 Å². The molecule has 0 N–H and O–H groups in total. The molecule has 0 spiro atoms. The number of ether oxygens (including phenoxy) is 3. The monoisotopic (exact) mass is 392 g/mol. The molecule has 29 heavy (non-hydrogen) atoms. The number of pyridine rings is 1. The van der Waals surface area contributed by atoms with E-state index in [0.717, 1.165) is 28.6 Å². The highest BCUT2D eigenvalue weighted by atomic mass is 16.5. The Bertz CT molecular complexity index is 1060. The number of methoxy groups -OCH3 is 2. The maximum atomic E-state index is 12.8. The van der Waals surface area contributed by atoms with Crippen LogP contribution in [0.1, 0.15) is 16.8 Å². The van der Waals surface area contributed by atoms with E-state index in [4.69, 9.17) is 14.2 Å². The van der Waals surface area contributed by atoms with Gasteiger partial charge in [-0.25, -0.2) is 4.98 Å². The Morgan fingerprint density at radius 2 is 1.79 bits per heavy atom. The minimum absolute atomic E-state index is 0.0165. The smallest absolute Gasteiger partial charge is 0.260 e. The van der Waals surface area contributed by atoms with Crippen LogP contribution in [0.15, 0.2) is 42.5 Å². The summed E-state index contributed by atoms with van der Waals surface area (Å²) >= 11 is 0. The lowest BCUT2D eigenvalue weighted by Crippen LogP contribution is -2.38. The van der Waals surface area contributed by atoms with Crippen molar-refractivity contribution in [1.29, 1.82) is 0 Å². The second-order valence-corrected chi connectivity index (χ2v) is 7.11. The molecular formula is C23H24N2O4. The van der Waals surface area contributed by atoms with Crippen LogP contribution in [0.25, 0.3) is 10.9 Å². The van der Waals surface area contributed by atoms with Crippen molar-refractivity contribution in [1.82, 2.24) is 9.88 Å². The number of amides is 1. The molecule has 1 aliphatic heterocycles. The predicted molar refractivity (Wildman–Crippen MR) is 111 cm³/mol. The minimum Gasteiger partial charge on any atom is -0.493 e. The molecule has 0 saturated carbocycles. The first-order valence-corrected chi connectivity index (χ1v) is 9.60. The summed E-state index contributed by atoms with van der Waals surface area (Å²) in [6.45, 7) is 3.11. The van der Waals surface area contributed by atoms with Gasteiger partial charge in [-0.2, -0.15) is 0 Å². The predicted octanol–water partition coefficient (Wildman–Crippen LogP) is 3.52. The fourth-order valence-electron chi connectivity index (χ4n) is 3.66.